The lowest BCUT2D eigenvalue weighted by Gasteiger charge is -2.36. The summed E-state index contributed by atoms with van der Waals surface area (Å²) in [6.07, 6.45) is -2.36. The van der Waals surface area contributed by atoms with Crippen molar-refractivity contribution in [2.75, 3.05) is 7.11 Å². The lowest BCUT2D eigenvalue weighted by molar-refractivity contribution is -0.178. The van der Waals surface area contributed by atoms with E-state index in [2.05, 4.69) is 0 Å². The smallest absolute Gasteiger partial charge is 0.337 e. The molecule has 0 saturated carbocycles. The summed E-state index contributed by atoms with van der Waals surface area (Å²) in [5.74, 6) is -0.766. The zero-order chi connectivity index (χ0) is 15.0. The van der Waals surface area contributed by atoms with E-state index in [0.29, 0.717) is 6.54 Å². The van der Waals surface area contributed by atoms with Gasteiger partial charge in [-0.2, -0.15) is 0 Å². The highest BCUT2D eigenvalue weighted by molar-refractivity contribution is 5.84. The Balaban J connectivity index is 1.81. The summed E-state index contributed by atoms with van der Waals surface area (Å²) in [6, 6.07) is 9.42. The minimum atomic E-state index is -1.01. The highest BCUT2D eigenvalue weighted by Gasteiger charge is 2.54. The molecule has 4 atom stereocenters. The summed E-state index contributed by atoms with van der Waals surface area (Å²) >= 11 is 0. The van der Waals surface area contributed by atoms with Gasteiger partial charge in [-0.05, 0) is 12.5 Å². The van der Waals surface area contributed by atoms with Gasteiger partial charge < -0.3 is 19.1 Å². The fourth-order valence-electron chi connectivity index (χ4n) is 2.76. The number of nitrogens with zero attached hydrogens (tertiary/aromatic N) is 1. The molecule has 6 heteroatoms. The highest BCUT2D eigenvalue weighted by Crippen LogP contribution is 2.32. The van der Waals surface area contributed by atoms with Crippen molar-refractivity contribution in [1.82, 2.24) is 4.90 Å². The van der Waals surface area contributed by atoms with Crippen LogP contribution in [0, 0.1) is 0 Å². The van der Waals surface area contributed by atoms with Crippen molar-refractivity contribution in [1.29, 1.82) is 0 Å². The van der Waals surface area contributed by atoms with Gasteiger partial charge in [-0.3, -0.25) is 4.79 Å². The van der Waals surface area contributed by atoms with Crippen LogP contribution in [-0.4, -0.2) is 48.4 Å². The van der Waals surface area contributed by atoms with Gasteiger partial charge in [0.05, 0.1) is 13.2 Å². The number of esters is 1. The molecule has 21 heavy (non-hydrogen) atoms. The van der Waals surface area contributed by atoms with Gasteiger partial charge in [0.2, 0.25) is 6.29 Å². The Bertz CT molecular complexity index is 546. The van der Waals surface area contributed by atoms with Gasteiger partial charge >= 0.3 is 5.97 Å². The lowest BCUT2D eigenvalue weighted by atomic mass is 10.0. The van der Waals surface area contributed by atoms with E-state index < -0.39 is 24.5 Å². The molecule has 6 nitrogen and oxygen atoms in total. The Hall–Kier alpha value is -1.92. The second-order valence-electron chi connectivity index (χ2n) is 5.20. The van der Waals surface area contributed by atoms with Gasteiger partial charge in [-0.1, -0.05) is 30.3 Å². The van der Waals surface area contributed by atoms with E-state index in [0.717, 1.165) is 5.56 Å². The quantitative estimate of drug-likeness (QED) is 0.767. The van der Waals surface area contributed by atoms with Gasteiger partial charge in [-0.15, -0.1) is 0 Å². The van der Waals surface area contributed by atoms with Crippen LogP contribution in [0.25, 0.3) is 0 Å². The van der Waals surface area contributed by atoms with Gasteiger partial charge in [0.1, 0.15) is 6.10 Å². The third-order valence-electron chi connectivity index (χ3n) is 3.93. The molecule has 0 aromatic heterocycles. The Kier molecular flexibility index (Phi) is 3.65. The molecule has 1 amide bonds. The first kappa shape index (κ1) is 14.0. The molecular formula is C15H17NO5. The monoisotopic (exact) mass is 291 g/mol. The van der Waals surface area contributed by atoms with Crippen molar-refractivity contribution in [3.63, 3.8) is 0 Å². The van der Waals surface area contributed by atoms with E-state index >= 15 is 0 Å². The second kappa shape index (κ2) is 5.46. The summed E-state index contributed by atoms with van der Waals surface area (Å²) < 4.78 is 15.6. The number of ether oxygens (including phenoxy) is 3. The third-order valence-corrected chi connectivity index (χ3v) is 3.93. The Morgan fingerprint density at radius 1 is 1.29 bits per heavy atom. The van der Waals surface area contributed by atoms with E-state index in [1.807, 2.05) is 37.3 Å². The Labute approximate surface area is 122 Å². The van der Waals surface area contributed by atoms with Crippen molar-refractivity contribution in [3.05, 3.63) is 35.9 Å². The fraction of sp³-hybridized carbons (Fsp3) is 0.467. The minimum absolute atomic E-state index is 0.256. The molecule has 2 saturated heterocycles. The predicted octanol–water partition coefficient (Wildman–Crippen LogP) is 0.700. The Morgan fingerprint density at radius 2 is 2.00 bits per heavy atom. The number of fused-ring (bicyclic) bond motifs is 2. The van der Waals surface area contributed by atoms with Gasteiger partial charge in [-0.25, -0.2) is 4.79 Å². The SMILES string of the molecule is COC(=O)[C@@H]1O[C@@H]2O[C@@H]1[C@H](C)N(Cc1ccccc1)C2=O. The van der Waals surface area contributed by atoms with Crippen molar-refractivity contribution in [3.8, 4) is 0 Å². The molecule has 112 valence electrons. The number of carbonyl (C=O) groups is 2. The largest absolute Gasteiger partial charge is 0.467 e. The molecule has 2 aliphatic rings. The molecule has 2 heterocycles. The number of rotatable bonds is 3. The van der Waals surface area contributed by atoms with Crippen molar-refractivity contribution >= 4 is 11.9 Å². The molecule has 0 spiro atoms. The van der Waals surface area contributed by atoms with Crippen LogP contribution in [0.1, 0.15) is 12.5 Å². The maximum absolute atomic E-state index is 12.4. The fourth-order valence-corrected chi connectivity index (χ4v) is 2.76. The van der Waals surface area contributed by atoms with Crippen LogP contribution in [0.3, 0.4) is 0 Å². The van der Waals surface area contributed by atoms with Crippen LogP contribution < -0.4 is 0 Å². The first-order valence-corrected chi connectivity index (χ1v) is 6.85. The van der Waals surface area contributed by atoms with E-state index in [1.165, 1.54) is 7.11 Å². The van der Waals surface area contributed by atoms with Crippen LogP contribution in [-0.2, 0) is 30.3 Å². The second-order valence-corrected chi connectivity index (χ2v) is 5.20. The van der Waals surface area contributed by atoms with E-state index in [4.69, 9.17) is 14.2 Å². The van der Waals surface area contributed by atoms with Gasteiger partial charge in [0, 0.05) is 6.54 Å². The van der Waals surface area contributed by atoms with Gasteiger partial charge in [0.15, 0.2) is 6.10 Å². The lowest BCUT2D eigenvalue weighted by Crippen LogP contribution is -2.54. The summed E-state index contributed by atoms with van der Waals surface area (Å²) in [7, 11) is 1.29. The van der Waals surface area contributed by atoms with Crippen LogP contribution in [0.4, 0.5) is 0 Å². The number of methoxy groups -OCH3 is 1. The zero-order valence-electron chi connectivity index (χ0n) is 11.9. The number of morpholine rings is 1. The van der Waals surface area contributed by atoms with E-state index in [9.17, 15) is 9.59 Å². The molecule has 1 aromatic rings. The molecule has 2 aliphatic heterocycles. The standard InChI is InChI=1S/C15H17NO5/c1-9-11-12(14(18)19-2)21-15(20-11)13(17)16(9)8-10-6-4-3-5-7-10/h3-7,9,11-12,15H,8H2,1-2H3/t9-,11+,12+,15-/m0/s1. The number of amides is 1. The molecule has 0 radical (unpaired) electrons. The van der Waals surface area contributed by atoms with E-state index in [-0.39, 0.29) is 11.9 Å². The molecule has 3 rings (SSSR count). The summed E-state index contributed by atoms with van der Waals surface area (Å²) in [5, 5.41) is 0. The van der Waals surface area contributed by atoms with Crippen LogP contribution in [0.5, 0.6) is 0 Å². The molecule has 1 aromatic carbocycles. The van der Waals surface area contributed by atoms with Crippen LogP contribution in [0.2, 0.25) is 0 Å². The molecular weight excluding hydrogens is 274 g/mol. The zero-order valence-corrected chi connectivity index (χ0v) is 11.9. The molecule has 0 aliphatic carbocycles. The van der Waals surface area contributed by atoms with Crippen LogP contribution >= 0.6 is 0 Å². The highest BCUT2D eigenvalue weighted by atomic mass is 16.8. The number of benzene rings is 1. The van der Waals surface area contributed by atoms with Crippen LogP contribution in [0.15, 0.2) is 30.3 Å². The van der Waals surface area contributed by atoms with Gasteiger partial charge in [0.25, 0.3) is 5.91 Å². The molecule has 2 fully saturated rings. The van der Waals surface area contributed by atoms with E-state index in [1.54, 1.807) is 4.90 Å². The summed E-state index contributed by atoms with van der Waals surface area (Å²) in [5.41, 5.74) is 1.02. The Morgan fingerprint density at radius 3 is 2.67 bits per heavy atom. The summed E-state index contributed by atoms with van der Waals surface area (Å²) in [4.78, 5) is 25.8. The third kappa shape index (κ3) is 2.41. The molecule has 0 unspecified atom stereocenters. The number of hydrogen-bond donors (Lipinski definition) is 0. The molecule has 2 bridgehead atoms. The first-order valence-electron chi connectivity index (χ1n) is 6.85. The maximum atomic E-state index is 12.4. The normalized spacial score (nSPS) is 31.3. The average Bonchev–Trinajstić information content (AvgIpc) is 2.92. The predicted molar refractivity (Wildman–Crippen MR) is 72.0 cm³/mol. The topological polar surface area (TPSA) is 65.1 Å². The maximum Gasteiger partial charge on any atom is 0.337 e. The molecule has 0 N–H and O–H groups in total. The summed E-state index contributed by atoms with van der Waals surface area (Å²) in [6.45, 7) is 2.32. The first-order chi connectivity index (χ1) is 10.1. The minimum Gasteiger partial charge on any atom is -0.467 e. The number of carbonyl (C=O) groups excluding carboxylic acids is 2. The van der Waals surface area contributed by atoms with Crippen molar-refractivity contribution < 1.29 is 23.8 Å². The van der Waals surface area contributed by atoms with Crippen molar-refractivity contribution in [2.45, 2.75) is 38.0 Å². The van der Waals surface area contributed by atoms with Crippen molar-refractivity contribution in [2.24, 2.45) is 0 Å². The number of hydrogen-bond acceptors (Lipinski definition) is 5. The average molecular weight is 291 g/mol.